The Hall–Kier alpha value is -1.76. The van der Waals surface area contributed by atoms with Crippen molar-refractivity contribution in [3.63, 3.8) is 0 Å². The number of rotatable bonds is 3. The van der Waals surface area contributed by atoms with E-state index in [9.17, 15) is 14.9 Å². The lowest BCUT2D eigenvalue weighted by molar-refractivity contribution is -0.384. The van der Waals surface area contributed by atoms with Crippen molar-refractivity contribution in [2.24, 2.45) is 0 Å². The Balaban J connectivity index is 1.97. The first-order valence-electron chi connectivity index (χ1n) is 6.60. The largest absolute Gasteiger partial charge is 0.295 e. The van der Waals surface area contributed by atoms with Crippen LogP contribution < -0.4 is 4.90 Å². The van der Waals surface area contributed by atoms with Crippen molar-refractivity contribution in [1.82, 2.24) is 0 Å². The molecule has 1 amide bonds. The molecule has 118 valence electrons. The minimum Gasteiger partial charge on any atom is -0.295 e. The molecule has 1 atom stereocenters. The van der Waals surface area contributed by atoms with E-state index in [1.165, 1.54) is 23.9 Å². The van der Waals surface area contributed by atoms with Gasteiger partial charge in [0.15, 0.2) is 0 Å². The second-order valence-corrected chi connectivity index (χ2v) is 6.84. The van der Waals surface area contributed by atoms with E-state index in [0.29, 0.717) is 21.5 Å². The lowest BCUT2D eigenvalue weighted by Crippen LogP contribution is -2.27. The summed E-state index contributed by atoms with van der Waals surface area (Å²) in [7, 11) is 0. The van der Waals surface area contributed by atoms with Gasteiger partial charge in [-0.25, -0.2) is 0 Å². The molecule has 1 fully saturated rings. The first-order chi connectivity index (χ1) is 11.0. The molecule has 2 aromatic carbocycles. The molecule has 0 aromatic heterocycles. The van der Waals surface area contributed by atoms with Gasteiger partial charge < -0.3 is 0 Å². The highest BCUT2D eigenvalue weighted by molar-refractivity contribution is 8.00. The summed E-state index contributed by atoms with van der Waals surface area (Å²) in [5.41, 5.74) is 1.43. The van der Waals surface area contributed by atoms with Crippen LogP contribution in [-0.4, -0.2) is 16.6 Å². The summed E-state index contributed by atoms with van der Waals surface area (Å²) >= 11 is 13.5. The summed E-state index contributed by atoms with van der Waals surface area (Å²) < 4.78 is 0. The van der Waals surface area contributed by atoms with E-state index in [-0.39, 0.29) is 17.0 Å². The molecule has 0 aliphatic carbocycles. The van der Waals surface area contributed by atoms with Gasteiger partial charge in [-0.2, -0.15) is 0 Å². The minimum atomic E-state index is -0.453. The number of carbonyl (C=O) groups is 1. The van der Waals surface area contributed by atoms with Gasteiger partial charge in [-0.3, -0.25) is 19.8 Å². The van der Waals surface area contributed by atoms with Crippen molar-refractivity contribution in [2.75, 3.05) is 10.7 Å². The molecule has 0 spiro atoms. The van der Waals surface area contributed by atoms with Gasteiger partial charge in [0.25, 0.3) is 5.69 Å². The Morgan fingerprint density at radius 3 is 2.30 bits per heavy atom. The molecule has 1 aliphatic rings. The van der Waals surface area contributed by atoms with E-state index in [4.69, 9.17) is 23.2 Å². The van der Waals surface area contributed by atoms with Gasteiger partial charge in [0.2, 0.25) is 5.91 Å². The minimum absolute atomic E-state index is 0.0143. The van der Waals surface area contributed by atoms with Crippen LogP contribution in [0.2, 0.25) is 10.0 Å². The third-order valence-electron chi connectivity index (χ3n) is 3.38. The number of amides is 1. The van der Waals surface area contributed by atoms with Crippen molar-refractivity contribution in [3.05, 3.63) is 68.2 Å². The first-order valence-corrected chi connectivity index (χ1v) is 8.40. The molecule has 23 heavy (non-hydrogen) atoms. The standard InChI is InChI=1S/C15H10Cl2N2O3S/c16-10-5-11(17)7-13(6-10)18-14(20)8-23-15(18)9-1-3-12(4-2-9)19(21)22/h1-7,15H,8H2. The maximum absolute atomic E-state index is 12.3. The van der Waals surface area contributed by atoms with Gasteiger partial charge in [0, 0.05) is 27.9 Å². The summed E-state index contributed by atoms with van der Waals surface area (Å²) in [5.74, 6) is 0.267. The molecule has 1 unspecified atom stereocenters. The molecule has 1 heterocycles. The molecule has 0 N–H and O–H groups in total. The van der Waals surface area contributed by atoms with Crippen LogP contribution in [0, 0.1) is 10.1 Å². The summed E-state index contributed by atoms with van der Waals surface area (Å²) in [6.07, 6.45) is 0. The first kappa shape index (κ1) is 16.1. The molecule has 1 saturated heterocycles. The predicted octanol–water partition coefficient (Wildman–Crippen LogP) is 4.68. The van der Waals surface area contributed by atoms with Crippen LogP contribution in [0.3, 0.4) is 0 Å². The smallest absolute Gasteiger partial charge is 0.269 e. The van der Waals surface area contributed by atoms with Crippen LogP contribution in [0.4, 0.5) is 11.4 Å². The number of halogens is 2. The molecule has 0 radical (unpaired) electrons. The number of nitrogens with zero attached hydrogens (tertiary/aromatic N) is 2. The summed E-state index contributed by atoms with van der Waals surface area (Å²) in [6, 6.07) is 11.1. The molecular weight excluding hydrogens is 359 g/mol. The van der Waals surface area contributed by atoms with Gasteiger partial charge in [0.1, 0.15) is 5.37 Å². The highest BCUT2D eigenvalue weighted by Crippen LogP contribution is 2.43. The normalized spacial score (nSPS) is 17.6. The van der Waals surface area contributed by atoms with Gasteiger partial charge in [-0.15, -0.1) is 11.8 Å². The van der Waals surface area contributed by atoms with Crippen molar-refractivity contribution in [1.29, 1.82) is 0 Å². The molecule has 3 rings (SSSR count). The maximum Gasteiger partial charge on any atom is 0.269 e. The van der Waals surface area contributed by atoms with Crippen molar-refractivity contribution >= 4 is 52.2 Å². The molecule has 2 aromatic rings. The molecule has 0 bridgehead atoms. The third kappa shape index (κ3) is 3.29. The predicted molar refractivity (Wildman–Crippen MR) is 92.2 cm³/mol. The van der Waals surface area contributed by atoms with E-state index in [1.807, 2.05) is 0 Å². The van der Waals surface area contributed by atoms with Gasteiger partial charge in [0.05, 0.1) is 10.7 Å². The number of nitro groups is 1. The fourth-order valence-corrected chi connectivity index (χ4v) is 4.08. The SMILES string of the molecule is O=C1CSC(c2ccc([N+](=O)[O-])cc2)N1c1cc(Cl)cc(Cl)c1. The fourth-order valence-electron chi connectivity index (χ4n) is 2.39. The number of carbonyl (C=O) groups excluding carboxylic acids is 1. The van der Waals surface area contributed by atoms with Crippen LogP contribution in [-0.2, 0) is 4.79 Å². The van der Waals surface area contributed by atoms with Crippen LogP contribution in [0.15, 0.2) is 42.5 Å². The highest BCUT2D eigenvalue weighted by atomic mass is 35.5. The van der Waals surface area contributed by atoms with E-state index >= 15 is 0 Å². The second kappa shape index (κ2) is 6.39. The number of nitro benzene ring substituents is 1. The number of hydrogen-bond acceptors (Lipinski definition) is 4. The zero-order chi connectivity index (χ0) is 16.6. The Bertz CT molecular complexity index is 763. The lowest BCUT2D eigenvalue weighted by Gasteiger charge is -2.24. The fraction of sp³-hybridized carbons (Fsp3) is 0.133. The highest BCUT2D eigenvalue weighted by Gasteiger charge is 2.34. The second-order valence-electron chi connectivity index (χ2n) is 4.90. The topological polar surface area (TPSA) is 63.4 Å². The van der Waals surface area contributed by atoms with E-state index in [1.54, 1.807) is 35.2 Å². The number of thioether (sulfide) groups is 1. The monoisotopic (exact) mass is 368 g/mol. The number of non-ortho nitro benzene ring substituents is 1. The van der Waals surface area contributed by atoms with Crippen LogP contribution >= 0.6 is 35.0 Å². The summed E-state index contributed by atoms with van der Waals surface area (Å²) in [6.45, 7) is 0. The van der Waals surface area contributed by atoms with Crippen LogP contribution in [0.25, 0.3) is 0 Å². The molecule has 5 nitrogen and oxygen atoms in total. The van der Waals surface area contributed by atoms with Crippen molar-refractivity contribution < 1.29 is 9.72 Å². The Morgan fingerprint density at radius 1 is 1.13 bits per heavy atom. The van der Waals surface area contributed by atoms with E-state index < -0.39 is 4.92 Å². The average molecular weight is 369 g/mol. The maximum atomic E-state index is 12.3. The number of anilines is 1. The zero-order valence-corrected chi connectivity index (χ0v) is 13.9. The molecule has 8 heteroatoms. The number of hydrogen-bond donors (Lipinski definition) is 0. The summed E-state index contributed by atoms with van der Waals surface area (Å²) in [5, 5.41) is 11.4. The molecular formula is C15H10Cl2N2O3S. The lowest BCUT2D eigenvalue weighted by atomic mass is 10.1. The Kier molecular flexibility index (Phi) is 4.48. The summed E-state index contributed by atoms with van der Waals surface area (Å²) in [4.78, 5) is 24.2. The number of benzene rings is 2. The van der Waals surface area contributed by atoms with Gasteiger partial charge in [-0.05, 0) is 35.9 Å². The van der Waals surface area contributed by atoms with Crippen LogP contribution in [0.1, 0.15) is 10.9 Å². The van der Waals surface area contributed by atoms with Gasteiger partial charge in [-0.1, -0.05) is 23.2 Å². The van der Waals surface area contributed by atoms with Crippen molar-refractivity contribution in [3.8, 4) is 0 Å². The van der Waals surface area contributed by atoms with Crippen molar-refractivity contribution in [2.45, 2.75) is 5.37 Å². The third-order valence-corrected chi connectivity index (χ3v) is 5.03. The Labute approximate surface area is 146 Å². The quantitative estimate of drug-likeness (QED) is 0.582. The molecule has 1 aliphatic heterocycles. The van der Waals surface area contributed by atoms with E-state index in [2.05, 4.69) is 0 Å². The van der Waals surface area contributed by atoms with E-state index in [0.717, 1.165) is 5.56 Å². The van der Waals surface area contributed by atoms with Crippen LogP contribution in [0.5, 0.6) is 0 Å². The molecule has 0 saturated carbocycles. The zero-order valence-electron chi connectivity index (χ0n) is 11.6. The Morgan fingerprint density at radius 2 is 1.74 bits per heavy atom. The van der Waals surface area contributed by atoms with Gasteiger partial charge >= 0.3 is 0 Å². The average Bonchev–Trinajstić information content (AvgIpc) is 2.88.